The van der Waals surface area contributed by atoms with Crippen molar-refractivity contribution in [2.24, 2.45) is 11.5 Å². The van der Waals surface area contributed by atoms with Gasteiger partial charge in [-0.25, -0.2) is 4.79 Å². The Balaban J connectivity index is 2.13. The van der Waals surface area contributed by atoms with Gasteiger partial charge in [0, 0.05) is 12.0 Å². The van der Waals surface area contributed by atoms with Gasteiger partial charge in [0.25, 0.3) is 0 Å². The summed E-state index contributed by atoms with van der Waals surface area (Å²) in [6.45, 7) is 0.372. The third-order valence-electron chi connectivity index (χ3n) is 2.78. The van der Waals surface area contributed by atoms with E-state index < -0.39 is 6.09 Å². The van der Waals surface area contributed by atoms with Crippen LogP contribution in [0.3, 0.4) is 0 Å². The molecule has 0 aromatic carbocycles. The SMILES string of the molecule is NC(=O)OCCNC(=O)CC1(N)CCCC1. The largest absolute Gasteiger partial charge is 0.448 e. The molecule has 0 aliphatic heterocycles. The highest BCUT2D eigenvalue weighted by Gasteiger charge is 2.31. The number of ether oxygens (including phenoxy) is 1. The number of carbonyl (C=O) groups excluding carboxylic acids is 2. The van der Waals surface area contributed by atoms with Crippen LogP contribution in [-0.4, -0.2) is 30.7 Å². The first-order valence-corrected chi connectivity index (χ1v) is 5.50. The normalized spacial score (nSPS) is 18.1. The Morgan fingerprint density at radius 2 is 1.94 bits per heavy atom. The molecule has 1 aliphatic carbocycles. The first kappa shape index (κ1) is 12.8. The minimum Gasteiger partial charge on any atom is -0.448 e. The lowest BCUT2D eigenvalue weighted by Gasteiger charge is -2.22. The molecule has 1 rings (SSSR count). The van der Waals surface area contributed by atoms with Gasteiger partial charge < -0.3 is 21.5 Å². The van der Waals surface area contributed by atoms with Gasteiger partial charge in [0.05, 0.1) is 6.54 Å². The molecule has 6 nitrogen and oxygen atoms in total. The topological polar surface area (TPSA) is 107 Å². The molecule has 1 fully saturated rings. The number of hydrogen-bond acceptors (Lipinski definition) is 4. The van der Waals surface area contributed by atoms with E-state index in [9.17, 15) is 9.59 Å². The van der Waals surface area contributed by atoms with Crippen molar-refractivity contribution in [2.45, 2.75) is 37.6 Å². The third kappa shape index (κ3) is 4.48. The van der Waals surface area contributed by atoms with Gasteiger partial charge in [-0.05, 0) is 12.8 Å². The molecule has 5 N–H and O–H groups in total. The molecule has 92 valence electrons. The lowest BCUT2D eigenvalue weighted by Crippen LogP contribution is -2.42. The molecule has 2 amide bonds. The Bertz CT molecular complexity index is 262. The lowest BCUT2D eigenvalue weighted by atomic mass is 9.94. The van der Waals surface area contributed by atoms with Gasteiger partial charge in [0.1, 0.15) is 6.61 Å². The third-order valence-corrected chi connectivity index (χ3v) is 2.78. The predicted octanol–water partition coefficient (Wildman–Crippen LogP) is -0.140. The summed E-state index contributed by atoms with van der Waals surface area (Å²) in [6.07, 6.45) is 3.49. The molecule has 6 heteroatoms. The molecule has 0 spiro atoms. The van der Waals surface area contributed by atoms with E-state index in [1.165, 1.54) is 0 Å². The second-order valence-electron chi connectivity index (χ2n) is 4.26. The number of primary amides is 1. The van der Waals surface area contributed by atoms with Crippen LogP contribution in [0, 0.1) is 0 Å². The van der Waals surface area contributed by atoms with E-state index in [4.69, 9.17) is 11.5 Å². The maximum atomic E-state index is 11.5. The summed E-state index contributed by atoms with van der Waals surface area (Å²) in [7, 11) is 0. The summed E-state index contributed by atoms with van der Waals surface area (Å²) in [5.41, 5.74) is 10.5. The van der Waals surface area contributed by atoms with Gasteiger partial charge in [0.2, 0.25) is 5.91 Å². The molecule has 0 aromatic heterocycles. The Kier molecular flexibility index (Phi) is 4.54. The van der Waals surface area contributed by atoms with Crippen LogP contribution in [0.1, 0.15) is 32.1 Å². The second kappa shape index (κ2) is 5.69. The highest BCUT2D eigenvalue weighted by Crippen LogP contribution is 2.29. The summed E-state index contributed by atoms with van der Waals surface area (Å²) in [5.74, 6) is -0.0996. The van der Waals surface area contributed by atoms with Gasteiger partial charge in [-0.2, -0.15) is 0 Å². The van der Waals surface area contributed by atoms with Crippen molar-refractivity contribution in [3.05, 3.63) is 0 Å². The van der Waals surface area contributed by atoms with Gasteiger partial charge in [0.15, 0.2) is 0 Å². The number of rotatable bonds is 5. The standard InChI is InChI=1S/C10H19N3O3/c11-9(15)16-6-5-13-8(14)7-10(12)3-1-2-4-10/h1-7,12H2,(H2,11,15)(H,13,14). The second-order valence-corrected chi connectivity index (χ2v) is 4.26. The molecule has 0 atom stereocenters. The number of nitrogens with two attached hydrogens (primary N) is 2. The van der Waals surface area contributed by atoms with Crippen LogP contribution in [-0.2, 0) is 9.53 Å². The lowest BCUT2D eigenvalue weighted by molar-refractivity contribution is -0.122. The van der Waals surface area contributed by atoms with Crippen molar-refractivity contribution in [3.63, 3.8) is 0 Å². The molecule has 0 saturated heterocycles. The van der Waals surface area contributed by atoms with Crippen molar-refractivity contribution in [1.82, 2.24) is 5.32 Å². The zero-order chi connectivity index (χ0) is 12.0. The molecule has 0 aromatic rings. The monoisotopic (exact) mass is 229 g/mol. The smallest absolute Gasteiger partial charge is 0.404 e. The van der Waals surface area contributed by atoms with Crippen LogP contribution in [0.5, 0.6) is 0 Å². The van der Waals surface area contributed by atoms with Crippen LogP contribution in [0.2, 0.25) is 0 Å². The van der Waals surface area contributed by atoms with Crippen molar-refractivity contribution in [3.8, 4) is 0 Å². The van der Waals surface area contributed by atoms with Crippen LogP contribution in [0.25, 0.3) is 0 Å². The van der Waals surface area contributed by atoms with E-state index in [1.54, 1.807) is 0 Å². The predicted molar refractivity (Wildman–Crippen MR) is 58.5 cm³/mol. The van der Waals surface area contributed by atoms with Gasteiger partial charge in [-0.1, -0.05) is 12.8 Å². The number of amides is 2. The van der Waals surface area contributed by atoms with Gasteiger partial charge in [-0.15, -0.1) is 0 Å². The first-order chi connectivity index (χ1) is 7.52. The molecular weight excluding hydrogens is 210 g/mol. The minimum absolute atomic E-state index is 0.0959. The Labute approximate surface area is 94.7 Å². The zero-order valence-electron chi connectivity index (χ0n) is 9.33. The molecule has 0 bridgehead atoms. The quantitative estimate of drug-likeness (QED) is 0.570. The molecule has 1 aliphatic rings. The van der Waals surface area contributed by atoms with Crippen molar-refractivity contribution in [1.29, 1.82) is 0 Å². The Morgan fingerprint density at radius 1 is 1.31 bits per heavy atom. The Hall–Kier alpha value is -1.30. The zero-order valence-corrected chi connectivity index (χ0v) is 9.33. The van der Waals surface area contributed by atoms with E-state index in [0.717, 1.165) is 25.7 Å². The summed E-state index contributed by atoms with van der Waals surface area (Å²) in [4.78, 5) is 21.7. The van der Waals surface area contributed by atoms with Crippen molar-refractivity contribution < 1.29 is 14.3 Å². The summed E-state index contributed by atoms with van der Waals surface area (Å²) in [5, 5.41) is 2.64. The van der Waals surface area contributed by atoms with Crippen LogP contribution < -0.4 is 16.8 Å². The summed E-state index contributed by atoms with van der Waals surface area (Å²) in [6, 6.07) is 0. The van der Waals surface area contributed by atoms with Crippen LogP contribution >= 0.6 is 0 Å². The molecule has 0 unspecified atom stereocenters. The van der Waals surface area contributed by atoms with Crippen molar-refractivity contribution in [2.75, 3.05) is 13.2 Å². The molecule has 16 heavy (non-hydrogen) atoms. The van der Waals surface area contributed by atoms with E-state index >= 15 is 0 Å². The number of carbonyl (C=O) groups is 2. The summed E-state index contributed by atoms with van der Waals surface area (Å²) < 4.78 is 4.48. The minimum atomic E-state index is -0.833. The molecular formula is C10H19N3O3. The number of hydrogen-bond donors (Lipinski definition) is 3. The van der Waals surface area contributed by atoms with E-state index in [0.29, 0.717) is 6.42 Å². The maximum absolute atomic E-state index is 11.5. The first-order valence-electron chi connectivity index (χ1n) is 5.50. The fraction of sp³-hybridized carbons (Fsp3) is 0.800. The number of nitrogens with one attached hydrogen (secondary N) is 1. The highest BCUT2D eigenvalue weighted by molar-refractivity contribution is 5.77. The van der Waals surface area contributed by atoms with Gasteiger partial charge in [-0.3, -0.25) is 4.79 Å². The molecule has 1 saturated carbocycles. The molecule has 0 radical (unpaired) electrons. The maximum Gasteiger partial charge on any atom is 0.404 e. The highest BCUT2D eigenvalue weighted by atomic mass is 16.5. The van der Waals surface area contributed by atoms with E-state index in [2.05, 4.69) is 10.1 Å². The van der Waals surface area contributed by atoms with Crippen LogP contribution in [0.15, 0.2) is 0 Å². The summed E-state index contributed by atoms with van der Waals surface area (Å²) >= 11 is 0. The van der Waals surface area contributed by atoms with Crippen LogP contribution in [0.4, 0.5) is 4.79 Å². The fourth-order valence-electron chi connectivity index (χ4n) is 1.98. The average Bonchev–Trinajstić information content (AvgIpc) is 2.59. The van der Waals surface area contributed by atoms with E-state index in [-0.39, 0.29) is 24.6 Å². The van der Waals surface area contributed by atoms with E-state index in [1.807, 2.05) is 0 Å². The van der Waals surface area contributed by atoms with Crippen molar-refractivity contribution >= 4 is 12.0 Å². The average molecular weight is 229 g/mol. The Morgan fingerprint density at radius 3 is 2.50 bits per heavy atom. The fourth-order valence-corrected chi connectivity index (χ4v) is 1.98. The van der Waals surface area contributed by atoms with Gasteiger partial charge >= 0.3 is 6.09 Å². The molecule has 0 heterocycles.